The van der Waals surface area contributed by atoms with Gasteiger partial charge < -0.3 is 8.23 Å². The molecule has 0 atom stereocenters. The average molecular weight is 359 g/mol. The van der Waals surface area contributed by atoms with Crippen LogP contribution in [-0.2, 0) is 14.7 Å². The van der Waals surface area contributed by atoms with E-state index in [1.807, 2.05) is 12.1 Å². The van der Waals surface area contributed by atoms with Crippen molar-refractivity contribution in [2.24, 2.45) is 0 Å². The van der Waals surface area contributed by atoms with Gasteiger partial charge in [-0.1, -0.05) is 12.1 Å². The minimum Gasteiger partial charge on any atom is -0.437 e. The van der Waals surface area contributed by atoms with Gasteiger partial charge in [0.05, 0.1) is 0 Å². The van der Waals surface area contributed by atoms with Crippen molar-refractivity contribution in [1.82, 2.24) is 0 Å². The van der Waals surface area contributed by atoms with Crippen molar-refractivity contribution in [3.05, 3.63) is 35.6 Å². The highest BCUT2D eigenvalue weighted by molar-refractivity contribution is 6.87. The van der Waals surface area contributed by atoms with Crippen LogP contribution in [0.3, 0.4) is 0 Å². The molecule has 0 heterocycles. The summed E-state index contributed by atoms with van der Waals surface area (Å²) in [6.07, 6.45) is 1.98. The van der Waals surface area contributed by atoms with E-state index in [0.29, 0.717) is 0 Å². The van der Waals surface area contributed by atoms with Gasteiger partial charge in [0.2, 0.25) is 0 Å². The quantitative estimate of drug-likeness (QED) is 0.569. The van der Waals surface area contributed by atoms with E-state index in [0.717, 1.165) is 18.9 Å². The number of halogens is 1. The molecule has 0 unspecified atom stereocenters. The van der Waals surface area contributed by atoms with Crippen molar-refractivity contribution in [2.75, 3.05) is 0 Å². The summed E-state index contributed by atoms with van der Waals surface area (Å²) in [6.45, 7) is 15.6. The Morgan fingerprint density at radius 2 is 1.27 bits per heavy atom. The summed E-state index contributed by atoms with van der Waals surface area (Å²) in [7, 11) is -5.38. The van der Waals surface area contributed by atoms with Gasteiger partial charge >= 0.3 is 8.56 Å². The number of rotatable bonds is 8. The van der Waals surface area contributed by atoms with Gasteiger partial charge in [-0.2, -0.15) is 0 Å². The van der Waals surface area contributed by atoms with Crippen LogP contribution in [0.1, 0.15) is 12.0 Å². The Kier molecular flexibility index (Phi) is 6.76. The standard InChI is InChI=1S/C16H31FO2Si3/c1-20(2,3)18-22(7,19-21(4,5)6)14-8-9-15-10-12-16(17)13-11-15/h10-13H,8-9,14H2,1-7H3. The highest BCUT2D eigenvalue weighted by Gasteiger charge is 2.39. The van der Waals surface area contributed by atoms with Crippen LogP contribution in [0.25, 0.3) is 0 Å². The first kappa shape index (κ1) is 19.8. The van der Waals surface area contributed by atoms with E-state index in [1.54, 1.807) is 0 Å². The van der Waals surface area contributed by atoms with Crippen molar-refractivity contribution in [1.29, 1.82) is 0 Å². The summed E-state index contributed by atoms with van der Waals surface area (Å²) in [5.74, 6) is -0.174. The zero-order valence-corrected chi connectivity index (χ0v) is 18.1. The first-order valence-electron chi connectivity index (χ1n) is 8.03. The monoisotopic (exact) mass is 358 g/mol. The fraction of sp³-hybridized carbons (Fsp3) is 0.625. The van der Waals surface area contributed by atoms with E-state index in [2.05, 4.69) is 45.8 Å². The van der Waals surface area contributed by atoms with Crippen molar-refractivity contribution >= 4 is 25.2 Å². The Morgan fingerprint density at radius 3 is 1.68 bits per heavy atom. The Morgan fingerprint density at radius 1 is 0.818 bits per heavy atom. The third kappa shape index (κ3) is 8.38. The topological polar surface area (TPSA) is 18.5 Å². The Hall–Kier alpha value is -0.279. The van der Waals surface area contributed by atoms with Gasteiger partial charge in [0.15, 0.2) is 16.6 Å². The Bertz CT molecular complexity index is 448. The molecule has 0 saturated carbocycles. The molecule has 126 valence electrons. The van der Waals surface area contributed by atoms with Crippen molar-refractivity contribution < 1.29 is 12.6 Å². The third-order valence-electron chi connectivity index (χ3n) is 3.05. The molecule has 0 saturated heterocycles. The van der Waals surface area contributed by atoms with Crippen LogP contribution in [0.5, 0.6) is 0 Å². The summed E-state index contributed by atoms with van der Waals surface area (Å²) in [5, 5.41) is 0. The summed E-state index contributed by atoms with van der Waals surface area (Å²) in [4.78, 5) is 0. The minimum absolute atomic E-state index is 0.174. The van der Waals surface area contributed by atoms with Crippen LogP contribution in [0.2, 0.25) is 51.9 Å². The maximum absolute atomic E-state index is 12.9. The van der Waals surface area contributed by atoms with E-state index >= 15 is 0 Å². The van der Waals surface area contributed by atoms with Gasteiger partial charge in [-0.15, -0.1) is 0 Å². The molecule has 0 N–H and O–H groups in total. The van der Waals surface area contributed by atoms with E-state index in [9.17, 15) is 4.39 Å². The lowest BCUT2D eigenvalue weighted by Gasteiger charge is -2.38. The zero-order chi connectivity index (χ0) is 17.0. The Labute approximate surface area is 138 Å². The SMILES string of the molecule is C[Si](C)(C)O[Si](C)(CCCc1ccc(F)cc1)O[Si](C)(C)C. The van der Waals surface area contributed by atoms with Crippen molar-refractivity contribution in [3.8, 4) is 0 Å². The van der Waals surface area contributed by atoms with Crippen LogP contribution in [0.4, 0.5) is 4.39 Å². The molecule has 22 heavy (non-hydrogen) atoms. The second kappa shape index (κ2) is 7.53. The average Bonchev–Trinajstić information content (AvgIpc) is 2.26. The van der Waals surface area contributed by atoms with E-state index in [1.165, 1.54) is 17.7 Å². The molecule has 1 aromatic carbocycles. The molecule has 0 aromatic heterocycles. The molecule has 0 aliphatic heterocycles. The molecule has 0 aliphatic rings. The first-order valence-corrected chi connectivity index (χ1v) is 17.4. The van der Waals surface area contributed by atoms with Crippen molar-refractivity contribution in [3.63, 3.8) is 0 Å². The maximum Gasteiger partial charge on any atom is 0.314 e. The van der Waals surface area contributed by atoms with Crippen LogP contribution in [0.15, 0.2) is 24.3 Å². The Balaban J connectivity index is 2.66. The molecule has 0 bridgehead atoms. The second-order valence-electron chi connectivity index (χ2n) is 8.04. The summed E-state index contributed by atoms with van der Waals surface area (Å²) < 4.78 is 25.9. The summed E-state index contributed by atoms with van der Waals surface area (Å²) in [5.41, 5.74) is 1.18. The molecule has 0 aliphatic carbocycles. The van der Waals surface area contributed by atoms with Gasteiger partial charge in [0.25, 0.3) is 0 Å². The van der Waals surface area contributed by atoms with Gasteiger partial charge in [-0.25, -0.2) is 4.39 Å². The maximum atomic E-state index is 12.9. The first-order chi connectivity index (χ1) is 9.89. The lowest BCUT2D eigenvalue weighted by atomic mass is 10.1. The fourth-order valence-corrected chi connectivity index (χ4v) is 15.2. The third-order valence-corrected chi connectivity index (χ3v) is 12.7. The van der Waals surface area contributed by atoms with E-state index < -0.39 is 25.2 Å². The van der Waals surface area contributed by atoms with Crippen LogP contribution in [0, 0.1) is 5.82 Å². The molecule has 0 fully saturated rings. The normalized spacial score (nSPS) is 13.5. The summed E-state index contributed by atoms with van der Waals surface area (Å²) >= 11 is 0. The molecular formula is C16H31FO2Si3. The second-order valence-corrected chi connectivity index (χ2v) is 20.9. The van der Waals surface area contributed by atoms with E-state index in [4.69, 9.17) is 8.23 Å². The highest BCUT2D eigenvalue weighted by Crippen LogP contribution is 2.26. The number of aryl methyl sites for hydroxylation is 1. The van der Waals surface area contributed by atoms with Gasteiger partial charge in [0, 0.05) is 0 Å². The van der Waals surface area contributed by atoms with Crippen LogP contribution in [-0.4, -0.2) is 25.2 Å². The van der Waals surface area contributed by atoms with Crippen LogP contribution < -0.4 is 0 Å². The van der Waals surface area contributed by atoms with Crippen molar-refractivity contribution in [2.45, 2.75) is 64.7 Å². The number of hydrogen-bond acceptors (Lipinski definition) is 2. The number of benzene rings is 1. The molecule has 1 aromatic rings. The predicted octanol–water partition coefficient (Wildman–Crippen LogP) is 5.53. The van der Waals surface area contributed by atoms with Crippen LogP contribution >= 0.6 is 0 Å². The smallest absolute Gasteiger partial charge is 0.314 e. The molecule has 2 nitrogen and oxygen atoms in total. The molecule has 0 radical (unpaired) electrons. The largest absolute Gasteiger partial charge is 0.437 e. The lowest BCUT2D eigenvalue weighted by Crippen LogP contribution is -2.52. The van der Waals surface area contributed by atoms with Gasteiger partial charge in [0.1, 0.15) is 5.82 Å². The molecule has 0 spiro atoms. The highest BCUT2D eigenvalue weighted by atomic mass is 28.5. The predicted molar refractivity (Wildman–Crippen MR) is 100 cm³/mol. The lowest BCUT2D eigenvalue weighted by molar-refractivity contribution is 0.381. The van der Waals surface area contributed by atoms with Gasteiger partial charge in [-0.05, 0) is 82.4 Å². The molecule has 1 rings (SSSR count). The molecular weight excluding hydrogens is 327 g/mol. The van der Waals surface area contributed by atoms with Gasteiger partial charge in [-0.3, -0.25) is 0 Å². The fourth-order valence-electron chi connectivity index (χ4n) is 2.68. The minimum atomic E-state index is -2.14. The zero-order valence-electron chi connectivity index (χ0n) is 15.1. The molecule has 6 heteroatoms. The number of hydrogen-bond donors (Lipinski definition) is 0. The van der Waals surface area contributed by atoms with E-state index in [-0.39, 0.29) is 5.82 Å². The molecule has 0 amide bonds. The summed E-state index contributed by atoms with van der Waals surface area (Å²) in [6, 6.07) is 7.80.